The number of ether oxygens (including phenoxy) is 1. The number of esters is 1. The molecule has 0 bridgehead atoms. The maximum absolute atomic E-state index is 13.0. The van der Waals surface area contributed by atoms with E-state index >= 15 is 0 Å². The zero-order valence-electron chi connectivity index (χ0n) is 20.2. The van der Waals surface area contributed by atoms with Gasteiger partial charge in [0.05, 0.1) is 17.8 Å². The molecule has 0 saturated heterocycles. The molecule has 0 aliphatic carbocycles. The summed E-state index contributed by atoms with van der Waals surface area (Å²) in [6, 6.07) is 7.41. The van der Waals surface area contributed by atoms with E-state index in [9.17, 15) is 14.1 Å². The summed E-state index contributed by atoms with van der Waals surface area (Å²) >= 11 is 9.42. The van der Waals surface area contributed by atoms with Crippen molar-refractivity contribution in [1.82, 2.24) is 14.3 Å². The van der Waals surface area contributed by atoms with Crippen molar-refractivity contribution in [1.29, 1.82) is 0 Å². The average molecular weight is 593 g/mol. The van der Waals surface area contributed by atoms with E-state index in [1.54, 1.807) is 25.3 Å². The van der Waals surface area contributed by atoms with E-state index in [1.807, 2.05) is 39.8 Å². The summed E-state index contributed by atoms with van der Waals surface area (Å²) in [5.41, 5.74) is 0.467. The maximum Gasteiger partial charge on any atom is 0.326 e. The monoisotopic (exact) mass is 591 g/mol. The summed E-state index contributed by atoms with van der Waals surface area (Å²) in [4.78, 5) is 29.6. The molecule has 1 N–H and O–H groups in total. The lowest BCUT2D eigenvalue weighted by atomic mass is 9.88. The van der Waals surface area contributed by atoms with Crippen LogP contribution in [0, 0.1) is 0 Å². The van der Waals surface area contributed by atoms with E-state index in [2.05, 4.69) is 25.6 Å². The molecule has 0 fully saturated rings. The minimum absolute atomic E-state index is 0.205. The van der Waals surface area contributed by atoms with Crippen molar-refractivity contribution < 1.29 is 14.1 Å². The van der Waals surface area contributed by atoms with Gasteiger partial charge in [0.2, 0.25) is 0 Å². The van der Waals surface area contributed by atoms with Crippen LogP contribution >= 0.6 is 39.3 Å². The molecule has 0 spiro atoms. The summed E-state index contributed by atoms with van der Waals surface area (Å²) in [5.74, 6) is -0.495. The van der Waals surface area contributed by atoms with Crippen molar-refractivity contribution in [3.8, 4) is 0 Å². The number of nitrogens with zero attached hydrogens (tertiary/aromatic N) is 2. The molecular formula is C23H31BrClN3O4S2. The molecular weight excluding hydrogens is 562 g/mol. The van der Waals surface area contributed by atoms with Gasteiger partial charge in [-0.15, -0.1) is 4.72 Å². The van der Waals surface area contributed by atoms with Gasteiger partial charge >= 0.3 is 5.97 Å². The number of benzene rings is 1. The van der Waals surface area contributed by atoms with Crippen LogP contribution in [0.15, 0.2) is 38.7 Å². The summed E-state index contributed by atoms with van der Waals surface area (Å²) in [6.07, 6.45) is 2.74. The Labute approximate surface area is 221 Å². The molecule has 0 amide bonds. The van der Waals surface area contributed by atoms with Crippen LogP contribution in [0.4, 0.5) is 0 Å². The highest BCUT2D eigenvalue weighted by molar-refractivity contribution is 9.10. The SMILES string of the molecule is CCOC(=O)Cn1c(SC)nc(CC[C@](C)(N[S@@+]([O-])C(C)(C)C)c2ccc(Cl)cc2)c(Br)c1=O. The lowest BCUT2D eigenvalue weighted by molar-refractivity contribution is -0.144. The number of aromatic nitrogens is 2. The highest BCUT2D eigenvalue weighted by Crippen LogP contribution is 2.31. The lowest BCUT2D eigenvalue weighted by Crippen LogP contribution is -2.50. The van der Waals surface area contributed by atoms with Gasteiger partial charge in [-0.2, -0.15) is 0 Å². The Hall–Kier alpha value is -1.04. The highest BCUT2D eigenvalue weighted by Gasteiger charge is 2.37. The minimum atomic E-state index is -1.34. The zero-order chi connectivity index (χ0) is 25.7. The fourth-order valence-corrected chi connectivity index (χ4v) is 5.28. The maximum atomic E-state index is 13.0. The Morgan fingerprint density at radius 1 is 1.29 bits per heavy atom. The molecule has 2 aromatic rings. The predicted octanol–water partition coefficient (Wildman–Crippen LogP) is 4.84. The Balaban J connectivity index is 2.40. The van der Waals surface area contributed by atoms with Crippen molar-refractivity contribution in [2.45, 2.75) is 69.4 Å². The van der Waals surface area contributed by atoms with Gasteiger partial charge in [0.1, 0.15) is 15.8 Å². The molecule has 34 heavy (non-hydrogen) atoms. The topological polar surface area (TPSA) is 96.3 Å². The van der Waals surface area contributed by atoms with Crippen molar-refractivity contribution in [2.24, 2.45) is 0 Å². The van der Waals surface area contributed by atoms with Gasteiger partial charge in [0.25, 0.3) is 5.56 Å². The van der Waals surface area contributed by atoms with Gasteiger partial charge in [0.15, 0.2) is 5.16 Å². The van der Waals surface area contributed by atoms with E-state index < -0.39 is 27.6 Å². The number of thioether (sulfide) groups is 1. The van der Waals surface area contributed by atoms with Crippen LogP contribution < -0.4 is 10.3 Å². The van der Waals surface area contributed by atoms with Gasteiger partial charge in [-0.25, -0.2) is 4.98 Å². The Bertz CT molecular complexity index is 1060. The molecule has 2 atom stereocenters. The fraction of sp³-hybridized carbons (Fsp3) is 0.522. The number of halogens is 2. The average Bonchev–Trinajstić information content (AvgIpc) is 2.76. The minimum Gasteiger partial charge on any atom is -0.598 e. The first-order chi connectivity index (χ1) is 15.8. The predicted molar refractivity (Wildman–Crippen MR) is 143 cm³/mol. The number of hydrogen-bond donors (Lipinski definition) is 1. The number of hydrogen-bond acceptors (Lipinski definition) is 7. The molecule has 7 nitrogen and oxygen atoms in total. The summed E-state index contributed by atoms with van der Waals surface area (Å²) in [5, 5.41) is 1.04. The lowest BCUT2D eigenvalue weighted by Gasteiger charge is -2.35. The van der Waals surface area contributed by atoms with Crippen LogP contribution in [0.1, 0.15) is 52.3 Å². The summed E-state index contributed by atoms with van der Waals surface area (Å²) in [6.45, 7) is 9.45. The van der Waals surface area contributed by atoms with Crippen LogP contribution in [0.25, 0.3) is 0 Å². The van der Waals surface area contributed by atoms with Crippen molar-refractivity contribution >= 4 is 56.6 Å². The quantitative estimate of drug-likeness (QED) is 0.182. The standard InChI is InChI=1S/C23H31BrClN3O4S2/c1-7-32-18(29)14-28-20(30)19(24)17(26-21(28)33-6)12-13-23(5,27-34(31)22(2,3)4)15-8-10-16(25)11-9-15/h8-11,27H,7,12-14H2,1-6H3/t23-,34-/m0/s1. The highest BCUT2D eigenvalue weighted by atomic mass is 79.9. The van der Waals surface area contributed by atoms with Crippen LogP contribution in [-0.4, -0.2) is 37.7 Å². The Kier molecular flexibility index (Phi) is 10.5. The normalized spacial score (nSPS) is 14.5. The van der Waals surface area contributed by atoms with Gasteiger partial charge in [0, 0.05) is 16.4 Å². The molecule has 0 saturated carbocycles. The number of carbonyl (C=O) groups is 1. The van der Waals surface area contributed by atoms with E-state index in [-0.39, 0.29) is 18.7 Å². The number of nitrogens with one attached hydrogen (secondary N) is 1. The van der Waals surface area contributed by atoms with E-state index in [0.29, 0.717) is 33.2 Å². The smallest absolute Gasteiger partial charge is 0.326 e. The third-order valence-electron chi connectivity index (χ3n) is 5.14. The van der Waals surface area contributed by atoms with Gasteiger partial charge in [-0.1, -0.05) is 35.5 Å². The fourth-order valence-electron chi connectivity index (χ4n) is 3.15. The zero-order valence-corrected chi connectivity index (χ0v) is 24.2. The molecule has 0 unspecified atom stereocenters. The van der Waals surface area contributed by atoms with E-state index in [1.165, 1.54) is 16.3 Å². The first kappa shape index (κ1) is 29.2. The van der Waals surface area contributed by atoms with Crippen LogP contribution in [0.5, 0.6) is 0 Å². The van der Waals surface area contributed by atoms with Gasteiger partial charge < -0.3 is 9.29 Å². The summed E-state index contributed by atoms with van der Waals surface area (Å²) < 4.78 is 22.4. The molecule has 1 aromatic carbocycles. The Morgan fingerprint density at radius 2 is 1.91 bits per heavy atom. The largest absolute Gasteiger partial charge is 0.598 e. The van der Waals surface area contributed by atoms with E-state index in [0.717, 1.165) is 5.56 Å². The van der Waals surface area contributed by atoms with Crippen LogP contribution in [0.2, 0.25) is 5.02 Å². The molecule has 0 aliphatic rings. The molecule has 2 rings (SSSR count). The number of rotatable bonds is 10. The van der Waals surface area contributed by atoms with Crippen molar-refractivity contribution in [3.63, 3.8) is 0 Å². The second-order valence-corrected chi connectivity index (χ2v) is 12.8. The molecule has 0 aliphatic heterocycles. The van der Waals surface area contributed by atoms with Gasteiger partial charge in [-0.05, 0) is 87.3 Å². The molecule has 1 aromatic heterocycles. The first-order valence-electron chi connectivity index (χ1n) is 10.8. The van der Waals surface area contributed by atoms with Crippen LogP contribution in [-0.2, 0) is 39.4 Å². The third kappa shape index (κ3) is 7.48. The third-order valence-corrected chi connectivity index (χ3v) is 8.61. The first-order valence-corrected chi connectivity index (χ1v) is 14.3. The van der Waals surface area contributed by atoms with E-state index in [4.69, 9.17) is 16.3 Å². The molecule has 1 heterocycles. The molecule has 188 valence electrons. The van der Waals surface area contributed by atoms with Crippen molar-refractivity contribution in [3.05, 3.63) is 55.4 Å². The van der Waals surface area contributed by atoms with Gasteiger partial charge in [-0.3, -0.25) is 14.2 Å². The van der Waals surface area contributed by atoms with Crippen LogP contribution in [0.3, 0.4) is 0 Å². The Morgan fingerprint density at radius 3 is 2.44 bits per heavy atom. The number of carbonyl (C=O) groups excluding carboxylic acids is 1. The molecule has 0 radical (unpaired) electrons. The van der Waals surface area contributed by atoms with Crippen molar-refractivity contribution in [2.75, 3.05) is 12.9 Å². The molecule has 11 heteroatoms. The summed E-state index contributed by atoms with van der Waals surface area (Å²) in [7, 11) is 0. The number of aryl methyl sites for hydroxylation is 1. The second-order valence-electron chi connectivity index (χ2n) is 8.88. The second kappa shape index (κ2) is 12.3.